The van der Waals surface area contributed by atoms with E-state index in [1.807, 2.05) is 12.1 Å². The van der Waals surface area contributed by atoms with E-state index in [9.17, 15) is 4.79 Å². The molecule has 5 nitrogen and oxygen atoms in total. The van der Waals surface area contributed by atoms with Crippen molar-refractivity contribution in [1.82, 2.24) is 4.90 Å². The summed E-state index contributed by atoms with van der Waals surface area (Å²) in [5, 5.41) is 0. The summed E-state index contributed by atoms with van der Waals surface area (Å²) in [5.74, 6) is 1.34. The molecule has 1 amide bonds. The molecule has 0 aromatic heterocycles. The van der Waals surface area contributed by atoms with Gasteiger partial charge in [0.05, 0.1) is 7.11 Å². The zero-order chi connectivity index (χ0) is 16.9. The van der Waals surface area contributed by atoms with E-state index < -0.39 is 0 Å². The van der Waals surface area contributed by atoms with Crippen LogP contribution in [0, 0.1) is 5.92 Å². The first-order valence-corrected chi connectivity index (χ1v) is 9.10. The van der Waals surface area contributed by atoms with Gasteiger partial charge in [0.1, 0.15) is 5.75 Å². The number of ether oxygens (including phenoxy) is 1. The van der Waals surface area contributed by atoms with E-state index >= 15 is 0 Å². The van der Waals surface area contributed by atoms with Gasteiger partial charge in [-0.15, -0.1) is 0 Å². The van der Waals surface area contributed by atoms with Gasteiger partial charge in [-0.05, 0) is 49.9 Å². The van der Waals surface area contributed by atoms with Gasteiger partial charge in [-0.2, -0.15) is 0 Å². The second-order valence-electron chi connectivity index (χ2n) is 6.99. The maximum atomic E-state index is 12.8. The number of hydrogen-bond donors (Lipinski definition) is 1. The summed E-state index contributed by atoms with van der Waals surface area (Å²) in [6, 6.07) is 8.38. The van der Waals surface area contributed by atoms with Crippen molar-refractivity contribution < 1.29 is 9.53 Å². The number of methoxy groups -OCH3 is 1. The van der Waals surface area contributed by atoms with Gasteiger partial charge in [-0.1, -0.05) is 6.42 Å². The van der Waals surface area contributed by atoms with Crippen molar-refractivity contribution in [3.63, 3.8) is 0 Å². The number of benzene rings is 1. The molecule has 2 fully saturated rings. The van der Waals surface area contributed by atoms with Crippen molar-refractivity contribution in [2.45, 2.75) is 38.1 Å². The maximum absolute atomic E-state index is 12.8. The Morgan fingerprint density at radius 3 is 2.58 bits per heavy atom. The lowest BCUT2D eigenvalue weighted by Crippen LogP contribution is -2.42. The number of nitrogens with two attached hydrogens (primary N) is 1. The van der Waals surface area contributed by atoms with E-state index in [0.717, 1.165) is 64.0 Å². The minimum Gasteiger partial charge on any atom is -0.497 e. The molecule has 1 aromatic rings. The van der Waals surface area contributed by atoms with Gasteiger partial charge < -0.3 is 20.3 Å². The fourth-order valence-corrected chi connectivity index (χ4v) is 3.90. The van der Waals surface area contributed by atoms with Crippen LogP contribution >= 0.6 is 0 Å². The molecule has 0 spiro atoms. The molecule has 1 saturated heterocycles. The molecule has 2 N–H and O–H groups in total. The fraction of sp³-hybridized carbons (Fsp3) is 0.632. The van der Waals surface area contributed by atoms with Crippen molar-refractivity contribution in [3.8, 4) is 5.75 Å². The third-order valence-corrected chi connectivity index (χ3v) is 5.31. The third-order valence-electron chi connectivity index (χ3n) is 5.31. The molecule has 0 radical (unpaired) electrons. The van der Waals surface area contributed by atoms with Crippen LogP contribution in [0.1, 0.15) is 32.1 Å². The average molecular weight is 331 g/mol. The molecule has 0 bridgehead atoms. The van der Waals surface area contributed by atoms with Crippen LogP contribution in [0.15, 0.2) is 24.3 Å². The Bertz CT molecular complexity index is 546. The lowest BCUT2D eigenvalue weighted by molar-refractivity contribution is -0.136. The monoisotopic (exact) mass is 331 g/mol. The van der Waals surface area contributed by atoms with E-state index in [1.165, 1.54) is 5.69 Å². The quantitative estimate of drug-likeness (QED) is 0.923. The van der Waals surface area contributed by atoms with Gasteiger partial charge >= 0.3 is 0 Å². The summed E-state index contributed by atoms with van der Waals surface area (Å²) in [7, 11) is 1.68. The first-order chi connectivity index (χ1) is 11.7. The van der Waals surface area contributed by atoms with Crippen LogP contribution < -0.4 is 15.4 Å². The lowest BCUT2D eigenvalue weighted by Gasteiger charge is -2.31. The highest BCUT2D eigenvalue weighted by molar-refractivity contribution is 5.79. The van der Waals surface area contributed by atoms with Gasteiger partial charge in [0.15, 0.2) is 0 Å². The lowest BCUT2D eigenvalue weighted by atomic mass is 9.85. The molecule has 24 heavy (non-hydrogen) atoms. The molecular formula is C19H29N3O2. The summed E-state index contributed by atoms with van der Waals surface area (Å²) in [6.07, 6.45) is 5.03. The van der Waals surface area contributed by atoms with Gasteiger partial charge in [0.2, 0.25) is 5.91 Å². The Morgan fingerprint density at radius 2 is 1.88 bits per heavy atom. The Hall–Kier alpha value is -1.75. The molecule has 2 atom stereocenters. The van der Waals surface area contributed by atoms with Gasteiger partial charge in [0, 0.05) is 43.8 Å². The summed E-state index contributed by atoms with van der Waals surface area (Å²) in [6.45, 7) is 3.53. The number of carbonyl (C=O) groups is 1. The standard InChI is InChI=1S/C19H29N3O2/c1-24-18-8-6-17(7-9-18)21-10-3-11-22(13-12-21)19(23)15-4-2-5-16(20)14-15/h6-9,15-16H,2-5,10-14,20H2,1H3/t15-,16-/m0/s1. The highest BCUT2D eigenvalue weighted by Crippen LogP contribution is 2.26. The number of amides is 1. The van der Waals surface area contributed by atoms with Crippen LogP contribution in [-0.2, 0) is 4.79 Å². The van der Waals surface area contributed by atoms with Gasteiger partial charge in [-0.3, -0.25) is 4.79 Å². The second kappa shape index (κ2) is 7.88. The summed E-state index contributed by atoms with van der Waals surface area (Å²) in [5.41, 5.74) is 7.25. The number of anilines is 1. The normalized spacial score (nSPS) is 25.2. The first kappa shape index (κ1) is 17.1. The molecule has 3 rings (SSSR count). The predicted octanol–water partition coefficient (Wildman–Crippen LogP) is 2.25. The molecular weight excluding hydrogens is 302 g/mol. The largest absolute Gasteiger partial charge is 0.497 e. The van der Waals surface area contributed by atoms with Gasteiger partial charge in [-0.25, -0.2) is 0 Å². The molecule has 0 unspecified atom stereocenters. The van der Waals surface area contributed by atoms with Crippen LogP contribution in [0.2, 0.25) is 0 Å². The van der Waals surface area contributed by atoms with E-state index in [-0.39, 0.29) is 12.0 Å². The predicted molar refractivity (Wildman–Crippen MR) is 96.3 cm³/mol. The molecule has 1 aliphatic carbocycles. The van der Waals surface area contributed by atoms with Crippen LogP contribution in [0.3, 0.4) is 0 Å². The van der Waals surface area contributed by atoms with Crippen molar-refractivity contribution in [1.29, 1.82) is 0 Å². The van der Waals surface area contributed by atoms with Crippen LogP contribution in [0.25, 0.3) is 0 Å². The minimum absolute atomic E-state index is 0.140. The van der Waals surface area contributed by atoms with Gasteiger partial charge in [0.25, 0.3) is 0 Å². The summed E-state index contributed by atoms with van der Waals surface area (Å²) in [4.78, 5) is 17.2. The number of nitrogens with zero attached hydrogens (tertiary/aromatic N) is 2. The van der Waals surface area contributed by atoms with Crippen LogP contribution in [0.5, 0.6) is 5.75 Å². The van der Waals surface area contributed by atoms with Crippen molar-refractivity contribution in [2.75, 3.05) is 38.2 Å². The molecule has 1 heterocycles. The Balaban J connectivity index is 1.58. The van der Waals surface area contributed by atoms with E-state index in [0.29, 0.717) is 5.91 Å². The maximum Gasteiger partial charge on any atom is 0.225 e. The topological polar surface area (TPSA) is 58.8 Å². The minimum atomic E-state index is 0.140. The second-order valence-corrected chi connectivity index (χ2v) is 6.99. The number of rotatable bonds is 3. The fourth-order valence-electron chi connectivity index (χ4n) is 3.90. The Kier molecular flexibility index (Phi) is 5.61. The molecule has 132 valence electrons. The molecule has 1 aliphatic heterocycles. The number of hydrogen-bond acceptors (Lipinski definition) is 4. The molecule has 2 aliphatic rings. The van der Waals surface area contributed by atoms with Crippen molar-refractivity contribution in [2.24, 2.45) is 11.7 Å². The van der Waals surface area contributed by atoms with Crippen molar-refractivity contribution in [3.05, 3.63) is 24.3 Å². The average Bonchev–Trinajstić information content (AvgIpc) is 2.87. The highest BCUT2D eigenvalue weighted by Gasteiger charge is 2.29. The third kappa shape index (κ3) is 4.01. The first-order valence-electron chi connectivity index (χ1n) is 9.10. The van der Waals surface area contributed by atoms with Crippen LogP contribution in [-0.4, -0.2) is 50.1 Å². The molecule has 1 saturated carbocycles. The van der Waals surface area contributed by atoms with E-state index in [2.05, 4.69) is 21.9 Å². The van der Waals surface area contributed by atoms with Crippen LogP contribution in [0.4, 0.5) is 5.69 Å². The molecule has 1 aromatic carbocycles. The molecule has 5 heteroatoms. The Labute approximate surface area is 144 Å². The summed E-state index contributed by atoms with van der Waals surface area (Å²) >= 11 is 0. The summed E-state index contributed by atoms with van der Waals surface area (Å²) < 4.78 is 5.22. The zero-order valence-corrected chi connectivity index (χ0v) is 14.6. The Morgan fingerprint density at radius 1 is 1.08 bits per heavy atom. The smallest absolute Gasteiger partial charge is 0.225 e. The van der Waals surface area contributed by atoms with E-state index in [4.69, 9.17) is 10.5 Å². The zero-order valence-electron chi connectivity index (χ0n) is 14.6. The van der Waals surface area contributed by atoms with E-state index in [1.54, 1.807) is 7.11 Å². The highest BCUT2D eigenvalue weighted by atomic mass is 16.5. The SMILES string of the molecule is COc1ccc(N2CCCN(C(=O)[C@H]3CCC[C@H](N)C3)CC2)cc1. The number of carbonyl (C=O) groups excluding carboxylic acids is 1. The van der Waals surface area contributed by atoms with Crippen molar-refractivity contribution >= 4 is 11.6 Å².